The van der Waals surface area contributed by atoms with Crippen LogP contribution in [0.15, 0.2) is 60.7 Å². The molecule has 4 aliphatic heterocycles. The van der Waals surface area contributed by atoms with Crippen LogP contribution < -0.4 is 15.5 Å². The molecule has 0 radical (unpaired) electrons. The Kier molecular flexibility index (Phi) is 12.9. The summed E-state index contributed by atoms with van der Waals surface area (Å²) >= 11 is 0. The number of fused-ring (bicyclic) bond motifs is 2. The molecule has 5 N–H and O–H groups in total. The van der Waals surface area contributed by atoms with E-state index < -0.39 is 24.3 Å². The number of imidazole rings is 2. The van der Waals surface area contributed by atoms with Gasteiger partial charge in [0.1, 0.15) is 23.7 Å². The maximum Gasteiger partial charge on any atom is 0.407 e. The summed E-state index contributed by atoms with van der Waals surface area (Å²) in [4.78, 5) is 74.8. The lowest BCUT2D eigenvalue weighted by Crippen LogP contribution is -2.51. The predicted molar refractivity (Wildman–Crippen MR) is 250 cm³/mol. The molecule has 2 aromatic heterocycles. The first-order valence-electron chi connectivity index (χ1n) is 23.8. The second kappa shape index (κ2) is 19.0. The van der Waals surface area contributed by atoms with Crippen LogP contribution in [0, 0.1) is 11.8 Å². The number of H-pyrrole nitrogens is 2. The van der Waals surface area contributed by atoms with E-state index in [0.717, 1.165) is 104 Å². The summed E-state index contributed by atoms with van der Waals surface area (Å²) in [5.41, 5.74) is 8.28. The van der Waals surface area contributed by atoms with E-state index in [2.05, 4.69) is 86.2 Å². The molecule has 6 heterocycles. The van der Waals surface area contributed by atoms with Crippen LogP contribution >= 0.6 is 0 Å². The molecule has 0 bridgehead atoms. The van der Waals surface area contributed by atoms with Crippen LogP contribution in [0.3, 0.4) is 0 Å². The molecule has 66 heavy (non-hydrogen) atoms. The smallest absolute Gasteiger partial charge is 0.407 e. The van der Waals surface area contributed by atoms with Crippen molar-refractivity contribution in [1.82, 2.24) is 40.4 Å². The van der Waals surface area contributed by atoms with Gasteiger partial charge in [-0.15, -0.1) is 0 Å². The Labute approximate surface area is 385 Å². The second-order valence-corrected chi connectivity index (χ2v) is 19.2. The number of nitrogens with zero attached hydrogens (tertiary/aromatic N) is 5. The fraction of sp³-hybridized carbons (Fsp3) is 0.520. The van der Waals surface area contributed by atoms with E-state index in [4.69, 9.17) is 19.4 Å². The molecule has 4 aliphatic rings. The van der Waals surface area contributed by atoms with Gasteiger partial charge in [-0.1, -0.05) is 52.0 Å². The van der Waals surface area contributed by atoms with Crippen LogP contribution in [0.4, 0.5) is 15.3 Å². The summed E-state index contributed by atoms with van der Waals surface area (Å²) in [6.45, 7) is 10.2. The zero-order valence-electron chi connectivity index (χ0n) is 38.6. The van der Waals surface area contributed by atoms with Gasteiger partial charge in [0.05, 0.1) is 53.3 Å². The molecule has 9 rings (SSSR count). The number of alkyl carbamates (subject to hydrolysis) is 1. The number of nitrogens with one attached hydrogen (secondary N) is 4. The van der Waals surface area contributed by atoms with E-state index in [-0.39, 0.29) is 47.8 Å². The Bertz CT molecular complexity index is 2570. The SMILES string of the molecule is COC(=O)N[C@H](C(=O)N1CCC[C@H]1c1nc2ccc([C@H]3CC[C@H](c4ccc5nc([C@@H]6CCCN6C(=O)[C@@H](NC(=O)O)C(C)C)[nH]c5c4)N3c3ccc(C4CCOCC4)cc3)cc2[nH]1)C(C)C. The Morgan fingerprint density at radius 2 is 1.15 bits per heavy atom. The number of amides is 4. The quantitative estimate of drug-likeness (QED) is 0.0811. The van der Waals surface area contributed by atoms with Crippen molar-refractivity contribution in [2.24, 2.45) is 11.8 Å². The van der Waals surface area contributed by atoms with E-state index in [1.165, 1.54) is 18.2 Å². The van der Waals surface area contributed by atoms with Crippen molar-refractivity contribution in [2.75, 3.05) is 38.3 Å². The first kappa shape index (κ1) is 45.0. The van der Waals surface area contributed by atoms with Gasteiger partial charge in [0.25, 0.3) is 0 Å². The first-order chi connectivity index (χ1) is 31.9. The summed E-state index contributed by atoms with van der Waals surface area (Å²) in [6, 6.07) is 20.1. The minimum Gasteiger partial charge on any atom is -0.465 e. The van der Waals surface area contributed by atoms with Crippen LogP contribution in [0.5, 0.6) is 0 Å². The lowest BCUT2D eigenvalue weighted by atomic mass is 9.91. The maximum absolute atomic E-state index is 13.9. The highest BCUT2D eigenvalue weighted by atomic mass is 16.5. The number of benzene rings is 3. The maximum atomic E-state index is 13.9. The predicted octanol–water partition coefficient (Wildman–Crippen LogP) is 8.42. The zero-order valence-corrected chi connectivity index (χ0v) is 38.6. The lowest BCUT2D eigenvalue weighted by molar-refractivity contribution is -0.136. The van der Waals surface area contributed by atoms with Crippen molar-refractivity contribution in [2.45, 2.75) is 121 Å². The Morgan fingerprint density at radius 3 is 1.62 bits per heavy atom. The molecule has 0 unspecified atom stereocenters. The highest BCUT2D eigenvalue weighted by molar-refractivity contribution is 5.87. The largest absolute Gasteiger partial charge is 0.465 e. The summed E-state index contributed by atoms with van der Waals surface area (Å²) < 4.78 is 10.5. The Balaban J connectivity index is 1.01. The van der Waals surface area contributed by atoms with E-state index in [1.54, 1.807) is 4.90 Å². The fourth-order valence-electron chi connectivity index (χ4n) is 10.9. The highest BCUT2D eigenvalue weighted by Gasteiger charge is 2.40. The highest BCUT2D eigenvalue weighted by Crippen LogP contribution is 2.48. The van der Waals surface area contributed by atoms with Gasteiger partial charge in [-0.05, 0) is 122 Å². The van der Waals surface area contributed by atoms with Gasteiger partial charge >= 0.3 is 12.2 Å². The van der Waals surface area contributed by atoms with Gasteiger partial charge in [0.2, 0.25) is 11.8 Å². The van der Waals surface area contributed by atoms with Crippen molar-refractivity contribution in [3.8, 4) is 0 Å². The molecular weight excluding hydrogens is 839 g/mol. The Hall–Kier alpha value is -6.16. The molecule has 0 saturated carbocycles. The molecular formula is C50H63N9O7. The molecule has 0 spiro atoms. The minimum atomic E-state index is -1.21. The molecule has 4 amide bonds. The zero-order chi connectivity index (χ0) is 46.2. The van der Waals surface area contributed by atoms with Crippen molar-refractivity contribution >= 4 is 51.8 Å². The number of carboxylic acid groups (broad SMARTS) is 1. The number of hydrogen-bond acceptors (Lipinski definition) is 9. The summed E-state index contributed by atoms with van der Waals surface area (Å²) in [6.07, 6.45) is 5.19. The van der Waals surface area contributed by atoms with E-state index >= 15 is 0 Å². The van der Waals surface area contributed by atoms with Crippen LogP contribution in [-0.4, -0.2) is 104 Å². The monoisotopic (exact) mass is 901 g/mol. The number of carbonyl (C=O) groups excluding carboxylic acids is 3. The van der Waals surface area contributed by atoms with Crippen LogP contribution in [-0.2, 0) is 19.1 Å². The third-order valence-electron chi connectivity index (χ3n) is 14.4. The molecule has 4 saturated heterocycles. The molecule has 6 atom stereocenters. The molecule has 4 fully saturated rings. The molecule has 3 aromatic carbocycles. The van der Waals surface area contributed by atoms with Crippen molar-refractivity contribution in [3.05, 3.63) is 89.0 Å². The minimum absolute atomic E-state index is 0.0529. The molecule has 350 valence electrons. The lowest BCUT2D eigenvalue weighted by Gasteiger charge is -2.34. The van der Waals surface area contributed by atoms with Gasteiger partial charge < -0.3 is 49.9 Å². The number of likely N-dealkylation sites (tertiary alicyclic amines) is 2. The number of carbonyl (C=O) groups is 4. The van der Waals surface area contributed by atoms with Crippen molar-refractivity contribution in [3.63, 3.8) is 0 Å². The van der Waals surface area contributed by atoms with E-state index in [0.29, 0.717) is 24.8 Å². The summed E-state index contributed by atoms with van der Waals surface area (Å²) in [7, 11) is 1.30. The van der Waals surface area contributed by atoms with Gasteiger partial charge in [-0.2, -0.15) is 0 Å². The average molecular weight is 902 g/mol. The molecule has 16 nitrogen and oxygen atoms in total. The number of aromatic nitrogens is 4. The van der Waals surface area contributed by atoms with Gasteiger partial charge in [-0.3, -0.25) is 9.59 Å². The molecule has 5 aromatic rings. The van der Waals surface area contributed by atoms with Gasteiger partial charge in [0, 0.05) is 32.0 Å². The number of rotatable bonds is 12. The normalized spacial score (nSPS) is 22.4. The third-order valence-corrected chi connectivity index (χ3v) is 14.4. The van der Waals surface area contributed by atoms with Gasteiger partial charge in [0.15, 0.2) is 0 Å². The molecule has 0 aliphatic carbocycles. The number of ether oxygens (including phenoxy) is 2. The Morgan fingerprint density at radius 1 is 0.667 bits per heavy atom. The van der Waals surface area contributed by atoms with E-state index in [1.807, 2.05) is 32.6 Å². The second-order valence-electron chi connectivity index (χ2n) is 19.2. The fourth-order valence-corrected chi connectivity index (χ4v) is 10.9. The standard InChI is InChI=1S/C50H63N9O7/c1-28(2)43(55-49(62)63)47(60)57-22-6-8-41(57)45-51-35-16-12-32(26-37(35)53-45)39-18-19-40(59(39)34-14-10-30(11-15-34)31-20-24-66-25-21-31)33-13-17-36-38(27-33)54-46(52-36)42-9-7-23-58(42)48(61)44(29(3)4)56-50(64)65-5/h10-17,26-29,31,39-44,55H,6-9,18-25H2,1-5H3,(H,51,53)(H,52,54)(H,56,64)(H,62,63)/t39-,40-,41+,42+,43+,44+/m1/s1. The van der Waals surface area contributed by atoms with Crippen LogP contribution in [0.25, 0.3) is 22.1 Å². The molecule has 16 heteroatoms. The summed E-state index contributed by atoms with van der Waals surface area (Å²) in [5.74, 6) is 1.24. The van der Waals surface area contributed by atoms with Crippen molar-refractivity contribution < 1.29 is 33.8 Å². The number of anilines is 1. The van der Waals surface area contributed by atoms with Crippen LogP contribution in [0.2, 0.25) is 0 Å². The van der Waals surface area contributed by atoms with Crippen molar-refractivity contribution in [1.29, 1.82) is 0 Å². The number of aromatic amines is 2. The number of hydrogen-bond donors (Lipinski definition) is 5. The summed E-state index contributed by atoms with van der Waals surface area (Å²) in [5, 5.41) is 14.7. The topological polar surface area (TPSA) is 198 Å². The third kappa shape index (κ3) is 8.91. The van der Waals surface area contributed by atoms with E-state index in [9.17, 15) is 24.3 Å². The first-order valence-corrected chi connectivity index (χ1v) is 23.8. The average Bonchev–Trinajstić information content (AvgIpc) is 4.18. The number of methoxy groups -OCH3 is 1. The van der Waals surface area contributed by atoms with Crippen LogP contribution in [0.1, 0.15) is 137 Å². The van der Waals surface area contributed by atoms with Gasteiger partial charge in [-0.25, -0.2) is 19.6 Å².